The number of benzene rings is 2. The fraction of sp³-hybridized carbons (Fsp3) is 0.381. The molecule has 2 aromatic carbocycles. The number of sulfonamides is 2. The molecule has 10 heteroatoms. The molecule has 0 aromatic heterocycles. The smallest absolute Gasteiger partial charge is 0.265 e. The number of amides is 1. The summed E-state index contributed by atoms with van der Waals surface area (Å²) >= 11 is 0. The Labute approximate surface area is 183 Å². The molecule has 1 atom stereocenters. The Kier molecular flexibility index (Phi) is 6.33. The predicted octanol–water partition coefficient (Wildman–Crippen LogP) is 3.32. The van der Waals surface area contributed by atoms with Crippen molar-refractivity contribution in [3.05, 3.63) is 48.0 Å². The van der Waals surface area contributed by atoms with E-state index in [2.05, 4.69) is 4.72 Å². The Balaban J connectivity index is 2.11. The van der Waals surface area contributed by atoms with Crippen molar-refractivity contribution in [3.63, 3.8) is 0 Å². The standard InChI is InChI=1S/C21H26N2O6S2/c1-5-29-19-11-10-16(23-21(24)15(4)13-30(23,25)26)12-20(19)31(27,28)22-18-9-7-6-8-17(18)14(2)3/h6-12,14-15,22H,5,13H2,1-4H3. The zero-order chi connectivity index (χ0) is 23.0. The van der Waals surface area contributed by atoms with Crippen LogP contribution in [0.15, 0.2) is 47.4 Å². The summed E-state index contributed by atoms with van der Waals surface area (Å²) in [5, 5.41) is 0. The first kappa shape index (κ1) is 23.1. The van der Waals surface area contributed by atoms with Gasteiger partial charge in [-0.3, -0.25) is 9.52 Å². The molecule has 0 saturated carbocycles. The molecule has 1 saturated heterocycles. The van der Waals surface area contributed by atoms with Crippen molar-refractivity contribution in [1.82, 2.24) is 0 Å². The van der Waals surface area contributed by atoms with Crippen LogP contribution in [-0.2, 0) is 24.8 Å². The molecule has 2 aromatic rings. The van der Waals surface area contributed by atoms with Gasteiger partial charge in [0.2, 0.25) is 15.9 Å². The topological polar surface area (TPSA) is 110 Å². The number of hydrogen-bond acceptors (Lipinski definition) is 6. The third-order valence-electron chi connectivity index (χ3n) is 4.94. The molecular weight excluding hydrogens is 440 g/mol. The van der Waals surface area contributed by atoms with Crippen LogP contribution >= 0.6 is 0 Å². The minimum Gasteiger partial charge on any atom is -0.492 e. The van der Waals surface area contributed by atoms with E-state index >= 15 is 0 Å². The molecule has 0 spiro atoms. The molecule has 1 N–H and O–H groups in total. The first-order chi connectivity index (χ1) is 14.5. The molecule has 1 fully saturated rings. The molecule has 1 heterocycles. The van der Waals surface area contributed by atoms with Gasteiger partial charge < -0.3 is 4.74 Å². The van der Waals surface area contributed by atoms with E-state index < -0.39 is 31.9 Å². The van der Waals surface area contributed by atoms with Crippen molar-refractivity contribution >= 4 is 37.3 Å². The normalized spacial score (nSPS) is 18.4. The lowest BCUT2D eigenvalue weighted by Gasteiger charge is -2.20. The number of hydrogen-bond donors (Lipinski definition) is 1. The Bertz CT molecular complexity index is 1210. The summed E-state index contributed by atoms with van der Waals surface area (Å²) in [6.45, 7) is 7.34. The van der Waals surface area contributed by atoms with Crippen LogP contribution in [-0.4, -0.2) is 35.1 Å². The molecule has 0 radical (unpaired) electrons. The van der Waals surface area contributed by atoms with Crippen molar-refractivity contribution < 1.29 is 26.4 Å². The van der Waals surface area contributed by atoms with Gasteiger partial charge in [0.15, 0.2) is 0 Å². The van der Waals surface area contributed by atoms with E-state index in [1.165, 1.54) is 25.1 Å². The predicted molar refractivity (Wildman–Crippen MR) is 119 cm³/mol. The number of anilines is 2. The average Bonchev–Trinajstić information content (AvgIpc) is 2.89. The molecule has 31 heavy (non-hydrogen) atoms. The van der Waals surface area contributed by atoms with Gasteiger partial charge in [0, 0.05) is 0 Å². The van der Waals surface area contributed by atoms with Crippen molar-refractivity contribution in [1.29, 1.82) is 0 Å². The van der Waals surface area contributed by atoms with E-state index in [9.17, 15) is 21.6 Å². The number of nitrogens with one attached hydrogen (secondary N) is 1. The molecule has 3 rings (SSSR count). The molecule has 1 aliphatic rings. The van der Waals surface area contributed by atoms with E-state index in [4.69, 9.17) is 4.74 Å². The van der Waals surface area contributed by atoms with Crippen molar-refractivity contribution in [2.24, 2.45) is 5.92 Å². The molecular formula is C21H26N2O6S2. The Hall–Kier alpha value is -2.59. The van der Waals surface area contributed by atoms with Crippen molar-refractivity contribution in [2.45, 2.75) is 38.5 Å². The number of para-hydroxylation sites is 1. The highest BCUT2D eigenvalue weighted by molar-refractivity contribution is 7.94. The lowest BCUT2D eigenvalue weighted by atomic mass is 10.0. The SMILES string of the molecule is CCOc1ccc(N2C(=O)C(C)CS2(=O)=O)cc1S(=O)(=O)Nc1ccccc1C(C)C. The molecule has 0 aliphatic carbocycles. The summed E-state index contributed by atoms with van der Waals surface area (Å²) in [5.74, 6) is -1.47. The maximum atomic E-state index is 13.3. The van der Waals surface area contributed by atoms with Gasteiger partial charge in [0.25, 0.3) is 10.0 Å². The van der Waals surface area contributed by atoms with Crippen LogP contribution in [0, 0.1) is 5.92 Å². The summed E-state index contributed by atoms with van der Waals surface area (Å²) in [5.41, 5.74) is 1.20. The van der Waals surface area contributed by atoms with Gasteiger partial charge in [-0.1, -0.05) is 39.0 Å². The fourth-order valence-corrected chi connectivity index (χ4v) is 6.55. The minimum absolute atomic E-state index is 0.0321. The van der Waals surface area contributed by atoms with E-state index in [0.29, 0.717) is 9.99 Å². The molecule has 1 amide bonds. The number of carbonyl (C=O) groups is 1. The van der Waals surface area contributed by atoms with E-state index in [-0.39, 0.29) is 34.6 Å². The van der Waals surface area contributed by atoms with Crippen LogP contribution in [0.5, 0.6) is 5.75 Å². The summed E-state index contributed by atoms with van der Waals surface area (Å²) < 4.78 is 60.3. The Morgan fingerprint density at radius 1 is 1.19 bits per heavy atom. The van der Waals surface area contributed by atoms with Crippen LogP contribution in [0.1, 0.15) is 39.2 Å². The van der Waals surface area contributed by atoms with Gasteiger partial charge in [0.05, 0.1) is 29.7 Å². The lowest BCUT2D eigenvalue weighted by molar-refractivity contribution is -0.119. The molecule has 8 nitrogen and oxygen atoms in total. The quantitative estimate of drug-likeness (QED) is 0.670. The second kappa shape index (κ2) is 8.51. The molecule has 1 unspecified atom stereocenters. The zero-order valence-electron chi connectivity index (χ0n) is 17.8. The van der Waals surface area contributed by atoms with E-state index in [1.807, 2.05) is 26.0 Å². The molecule has 1 aliphatic heterocycles. The summed E-state index contributed by atoms with van der Waals surface area (Å²) in [6, 6.07) is 10.9. The monoisotopic (exact) mass is 466 g/mol. The van der Waals surface area contributed by atoms with Gasteiger partial charge >= 0.3 is 0 Å². The first-order valence-corrected chi connectivity index (χ1v) is 13.0. The van der Waals surface area contributed by atoms with Crippen LogP contribution in [0.25, 0.3) is 0 Å². The highest BCUT2D eigenvalue weighted by atomic mass is 32.2. The third kappa shape index (κ3) is 4.54. The summed E-state index contributed by atoms with van der Waals surface area (Å²) in [6.07, 6.45) is 0. The second-order valence-electron chi connectivity index (χ2n) is 7.69. The van der Waals surface area contributed by atoms with Crippen molar-refractivity contribution in [2.75, 3.05) is 21.4 Å². The summed E-state index contributed by atoms with van der Waals surface area (Å²) in [4.78, 5) is 12.2. The van der Waals surface area contributed by atoms with Gasteiger partial charge in [-0.15, -0.1) is 0 Å². The highest BCUT2D eigenvalue weighted by Gasteiger charge is 2.42. The maximum Gasteiger partial charge on any atom is 0.265 e. The third-order valence-corrected chi connectivity index (χ3v) is 8.19. The van der Waals surface area contributed by atoms with Gasteiger partial charge in [-0.25, -0.2) is 21.1 Å². The number of rotatable bonds is 7. The Morgan fingerprint density at radius 3 is 2.45 bits per heavy atom. The lowest BCUT2D eigenvalue weighted by Crippen LogP contribution is -2.30. The van der Waals surface area contributed by atoms with Crippen molar-refractivity contribution in [3.8, 4) is 5.75 Å². The van der Waals surface area contributed by atoms with E-state index in [1.54, 1.807) is 19.1 Å². The van der Waals surface area contributed by atoms with Crippen LogP contribution in [0.4, 0.5) is 11.4 Å². The average molecular weight is 467 g/mol. The summed E-state index contributed by atoms with van der Waals surface area (Å²) in [7, 11) is -8.03. The minimum atomic E-state index is -4.15. The number of ether oxygens (including phenoxy) is 1. The number of nitrogens with zero attached hydrogens (tertiary/aromatic N) is 1. The maximum absolute atomic E-state index is 13.3. The van der Waals surface area contributed by atoms with Gasteiger partial charge in [0.1, 0.15) is 10.6 Å². The number of carbonyl (C=O) groups excluding carboxylic acids is 1. The fourth-order valence-electron chi connectivity index (χ4n) is 3.49. The highest BCUT2D eigenvalue weighted by Crippen LogP contribution is 2.35. The Morgan fingerprint density at radius 2 is 1.87 bits per heavy atom. The molecule has 168 valence electrons. The first-order valence-electron chi connectivity index (χ1n) is 9.93. The van der Waals surface area contributed by atoms with Crippen LogP contribution < -0.4 is 13.8 Å². The largest absolute Gasteiger partial charge is 0.492 e. The van der Waals surface area contributed by atoms with Gasteiger partial charge in [-0.2, -0.15) is 0 Å². The molecule has 0 bridgehead atoms. The van der Waals surface area contributed by atoms with Crippen LogP contribution in [0.2, 0.25) is 0 Å². The van der Waals surface area contributed by atoms with Gasteiger partial charge in [-0.05, 0) is 42.7 Å². The van der Waals surface area contributed by atoms with E-state index in [0.717, 1.165) is 5.56 Å². The van der Waals surface area contributed by atoms with Crippen LogP contribution in [0.3, 0.4) is 0 Å². The zero-order valence-corrected chi connectivity index (χ0v) is 19.5. The second-order valence-corrected chi connectivity index (χ2v) is 11.2.